The van der Waals surface area contributed by atoms with Gasteiger partial charge in [-0.1, -0.05) is 413 Å². The van der Waals surface area contributed by atoms with Gasteiger partial charge in [-0.25, -0.2) is 0 Å². The normalized spacial score (nSPS) is 11.5. The molecule has 0 aliphatic rings. The molecular weight excluding hydrogens is 1070 g/mol. The summed E-state index contributed by atoms with van der Waals surface area (Å²) >= 11 is 0. The van der Waals surface area contributed by atoms with Gasteiger partial charge in [0.05, 0.1) is 0 Å². The number of carboxylic acid groups (broad SMARTS) is 2. The van der Waals surface area contributed by atoms with E-state index in [4.69, 9.17) is 0 Å². The summed E-state index contributed by atoms with van der Waals surface area (Å²) in [4.78, 5) is 26.8. The minimum atomic E-state index is -0.904. The molecule has 0 aliphatic carbocycles. The van der Waals surface area contributed by atoms with Gasteiger partial charge in [0.25, 0.3) is 0 Å². The molecule has 0 amide bonds. The third-order valence-corrected chi connectivity index (χ3v) is 18.6. The van der Waals surface area contributed by atoms with E-state index < -0.39 is 11.9 Å². The molecule has 0 radical (unpaired) electrons. The molecule has 0 fully saturated rings. The monoisotopic (exact) mass is 1230 g/mol. The zero-order valence-electron chi connectivity index (χ0n) is 59.1. The fourth-order valence-electron chi connectivity index (χ4n) is 12.7. The number of hydrogen-bond donors (Lipinski definition) is 0. The van der Waals surface area contributed by atoms with Crippen LogP contribution in [0, 0.1) is 0 Å². The first kappa shape index (κ1) is 89.3. The van der Waals surface area contributed by atoms with Crippen LogP contribution in [0.1, 0.15) is 451 Å². The molecule has 85 heavy (non-hydrogen) atoms. The Kier molecular flexibility index (Phi) is 86.3. The Hall–Kier alpha value is 0.120. The minimum Gasteiger partial charge on any atom is -0.550 e. The van der Waals surface area contributed by atoms with E-state index in [1.165, 1.54) is 411 Å². The van der Waals surface area contributed by atoms with E-state index in [0.29, 0.717) is 13.1 Å². The van der Waals surface area contributed by atoms with E-state index in [0.717, 1.165) is 26.2 Å². The summed E-state index contributed by atoms with van der Waals surface area (Å²) < 4.78 is 0. The predicted octanol–water partition coefficient (Wildman–Crippen LogP) is 23.5. The Morgan fingerprint density at radius 1 is 0.188 bits per heavy atom. The maximum Gasteiger partial charge on any atom is 2.00 e. The molecule has 0 aromatic carbocycles. The van der Waals surface area contributed by atoms with Crippen LogP contribution in [0.2, 0.25) is 0 Å². The van der Waals surface area contributed by atoms with Gasteiger partial charge in [-0.2, -0.15) is 0 Å². The zero-order chi connectivity index (χ0) is 61.2. The van der Waals surface area contributed by atoms with Crippen LogP contribution in [0.15, 0.2) is 0 Å². The average molecular weight is 1230 g/mol. The molecule has 0 unspecified atom stereocenters. The van der Waals surface area contributed by atoms with Crippen molar-refractivity contribution in [2.45, 2.75) is 451 Å². The van der Waals surface area contributed by atoms with Crippen molar-refractivity contribution in [3.8, 4) is 0 Å². The second-order valence-electron chi connectivity index (χ2n) is 27.1. The van der Waals surface area contributed by atoms with Gasteiger partial charge in [0.2, 0.25) is 0 Å². The summed E-state index contributed by atoms with van der Waals surface area (Å²) in [5, 5.41) is 22.0. The first-order valence-corrected chi connectivity index (χ1v) is 39.2. The number of carbonyl (C=O) groups excluding carboxylic acids is 2. The fraction of sp³-hybridized carbons (Fsp3) is 0.974. The van der Waals surface area contributed by atoms with Gasteiger partial charge in [0.15, 0.2) is 0 Å². The minimum absolute atomic E-state index is 0. The summed E-state index contributed by atoms with van der Waals surface area (Å²) in [6.45, 7) is 14.7. The molecule has 7 heteroatoms. The van der Waals surface area contributed by atoms with Gasteiger partial charge in [-0.3, -0.25) is 0 Å². The van der Waals surface area contributed by atoms with Crippen molar-refractivity contribution in [2.75, 3.05) is 39.3 Å². The largest absolute Gasteiger partial charge is 2.00 e. The standard InChI is InChI=1S/2C39H79NO2.Ca/c2*1-3-5-7-9-11-13-15-17-19-21-23-25-27-29-31-33-36-40(38-35-39(41)42)37-34-32-30-28-26-24-22-20-18-16-14-12-10-8-6-4-2;/h2*3-38H2,1-2H3,(H,41,42);/q;;+2/p-2. The number of carbonyl (C=O) groups is 2. The number of rotatable bonds is 74. The molecule has 0 bridgehead atoms. The Balaban J connectivity index is -0.00000156. The second-order valence-corrected chi connectivity index (χ2v) is 27.1. The number of hydrogen-bond acceptors (Lipinski definition) is 6. The van der Waals surface area contributed by atoms with Gasteiger partial charge in [-0.05, 0) is 64.7 Å². The van der Waals surface area contributed by atoms with Crippen molar-refractivity contribution in [2.24, 2.45) is 0 Å². The van der Waals surface area contributed by atoms with Crippen LogP contribution >= 0.6 is 0 Å². The van der Waals surface area contributed by atoms with E-state index in [-0.39, 0.29) is 50.6 Å². The summed E-state index contributed by atoms with van der Waals surface area (Å²) in [5.41, 5.74) is 0. The van der Waals surface area contributed by atoms with Crippen molar-refractivity contribution in [1.82, 2.24) is 9.80 Å². The maximum atomic E-state index is 11.0. The first-order chi connectivity index (χ1) is 41.4. The Morgan fingerprint density at radius 3 is 0.400 bits per heavy atom. The van der Waals surface area contributed by atoms with E-state index in [2.05, 4.69) is 37.5 Å². The van der Waals surface area contributed by atoms with E-state index in [9.17, 15) is 19.8 Å². The molecule has 0 saturated carbocycles. The maximum absolute atomic E-state index is 11.0. The molecule has 0 heterocycles. The van der Waals surface area contributed by atoms with E-state index >= 15 is 0 Å². The summed E-state index contributed by atoms with van der Waals surface area (Å²) in [5.74, 6) is -1.81. The van der Waals surface area contributed by atoms with Crippen LogP contribution in [-0.2, 0) is 9.59 Å². The van der Waals surface area contributed by atoms with Crippen molar-refractivity contribution in [1.29, 1.82) is 0 Å². The van der Waals surface area contributed by atoms with Gasteiger partial charge >= 0.3 is 37.7 Å². The predicted molar refractivity (Wildman–Crippen MR) is 376 cm³/mol. The summed E-state index contributed by atoms with van der Waals surface area (Å²) in [6, 6.07) is 0. The fourth-order valence-corrected chi connectivity index (χ4v) is 12.7. The molecule has 0 atom stereocenters. The molecular formula is C78H156CaN2O4. The van der Waals surface area contributed by atoms with Crippen LogP contribution in [0.25, 0.3) is 0 Å². The molecule has 0 aromatic heterocycles. The molecule has 0 aliphatic heterocycles. The van der Waals surface area contributed by atoms with Crippen LogP contribution in [0.5, 0.6) is 0 Å². The summed E-state index contributed by atoms with van der Waals surface area (Å²) in [7, 11) is 0. The zero-order valence-corrected chi connectivity index (χ0v) is 61.4. The van der Waals surface area contributed by atoms with Crippen molar-refractivity contribution >= 4 is 49.7 Å². The second kappa shape index (κ2) is 82.1. The van der Waals surface area contributed by atoms with Crippen molar-refractivity contribution < 1.29 is 19.8 Å². The topological polar surface area (TPSA) is 86.7 Å². The van der Waals surface area contributed by atoms with Gasteiger partial charge in [-0.15, -0.1) is 0 Å². The van der Waals surface area contributed by atoms with E-state index in [1.807, 2.05) is 0 Å². The van der Waals surface area contributed by atoms with Crippen LogP contribution in [0.4, 0.5) is 0 Å². The molecule has 0 N–H and O–H groups in total. The van der Waals surface area contributed by atoms with Crippen LogP contribution < -0.4 is 10.2 Å². The van der Waals surface area contributed by atoms with Crippen LogP contribution in [-0.4, -0.2) is 98.7 Å². The molecule has 504 valence electrons. The molecule has 0 aromatic rings. The quantitative estimate of drug-likeness (QED) is 0.0445. The third-order valence-electron chi connectivity index (χ3n) is 18.6. The Labute approximate surface area is 565 Å². The Bertz CT molecular complexity index is 1040. The number of aliphatic carboxylic acids is 2. The number of unbranched alkanes of at least 4 members (excludes halogenated alkanes) is 60. The molecule has 0 spiro atoms. The third kappa shape index (κ3) is 84.1. The van der Waals surface area contributed by atoms with E-state index in [1.54, 1.807) is 0 Å². The molecule has 0 saturated heterocycles. The van der Waals surface area contributed by atoms with Crippen molar-refractivity contribution in [3.05, 3.63) is 0 Å². The van der Waals surface area contributed by atoms with Gasteiger partial charge in [0.1, 0.15) is 0 Å². The van der Waals surface area contributed by atoms with Gasteiger partial charge in [0, 0.05) is 25.0 Å². The van der Waals surface area contributed by atoms with Crippen molar-refractivity contribution in [3.63, 3.8) is 0 Å². The first-order valence-electron chi connectivity index (χ1n) is 39.2. The number of carboxylic acids is 2. The van der Waals surface area contributed by atoms with Crippen LogP contribution in [0.3, 0.4) is 0 Å². The SMILES string of the molecule is CCCCCCCCCCCCCCCCCCN(CCCCCCCCCCCCCCCCCC)CCC(=O)[O-].CCCCCCCCCCCCCCCCCCN(CCCCCCCCCCCCCCCCCC)CCC(=O)[O-].[Ca+2]. The smallest absolute Gasteiger partial charge is 0.550 e. The van der Waals surface area contributed by atoms with Gasteiger partial charge < -0.3 is 29.6 Å². The Morgan fingerprint density at radius 2 is 0.294 bits per heavy atom. The average Bonchev–Trinajstić information content (AvgIpc) is 3.49. The number of nitrogens with zero attached hydrogens (tertiary/aromatic N) is 2. The molecule has 6 nitrogen and oxygen atoms in total. The molecule has 0 rings (SSSR count). The summed E-state index contributed by atoms with van der Waals surface area (Å²) in [6.07, 6.45) is 89.6.